The molecule has 0 unspecified atom stereocenters. The highest BCUT2D eigenvalue weighted by molar-refractivity contribution is 6.39. The Hall–Kier alpha value is -4.60. The number of benzene rings is 2. The van der Waals surface area contributed by atoms with E-state index in [0.29, 0.717) is 73.1 Å². The van der Waals surface area contributed by atoms with Gasteiger partial charge in [0, 0.05) is 36.8 Å². The maximum atomic E-state index is 12.9. The smallest absolute Gasteiger partial charge is 0.321 e. The Morgan fingerprint density at radius 3 is 2.44 bits per heavy atom. The average Bonchev–Trinajstić information content (AvgIpc) is 3.40. The van der Waals surface area contributed by atoms with E-state index < -0.39 is 0 Å². The molecular formula is C31H32Cl2N10O2. The molecule has 232 valence electrons. The van der Waals surface area contributed by atoms with Gasteiger partial charge in [-0.15, -0.1) is 0 Å². The van der Waals surface area contributed by atoms with E-state index in [1.54, 1.807) is 11.1 Å². The highest BCUT2D eigenvalue weighted by atomic mass is 35.5. The number of likely N-dealkylation sites (tertiary alicyclic amines) is 1. The lowest BCUT2D eigenvalue weighted by Crippen LogP contribution is -2.47. The molecule has 1 saturated carbocycles. The van der Waals surface area contributed by atoms with Crippen LogP contribution in [0.4, 0.5) is 28.1 Å². The summed E-state index contributed by atoms with van der Waals surface area (Å²) in [6.07, 6.45) is 6.05. The molecule has 0 bridgehead atoms. The van der Waals surface area contributed by atoms with E-state index in [-0.39, 0.29) is 40.0 Å². The van der Waals surface area contributed by atoms with Crippen molar-refractivity contribution in [3.8, 4) is 6.07 Å². The molecule has 1 atom stereocenters. The molecule has 3 amide bonds. The number of nitriles is 1. The van der Waals surface area contributed by atoms with Crippen molar-refractivity contribution in [2.24, 2.45) is 11.7 Å². The first-order valence-corrected chi connectivity index (χ1v) is 15.6. The van der Waals surface area contributed by atoms with Gasteiger partial charge in [0.15, 0.2) is 5.65 Å². The number of halogens is 2. The lowest BCUT2D eigenvalue weighted by atomic mass is 9.85. The molecule has 1 aliphatic carbocycles. The summed E-state index contributed by atoms with van der Waals surface area (Å²) in [6, 6.07) is 14.3. The third-order valence-corrected chi connectivity index (χ3v) is 8.97. The second-order valence-corrected chi connectivity index (χ2v) is 12.2. The molecule has 2 aliphatic rings. The first kappa shape index (κ1) is 30.4. The van der Waals surface area contributed by atoms with E-state index in [9.17, 15) is 14.9 Å². The number of carbonyl (C=O) groups excluding carboxylic acids is 2. The molecule has 6 rings (SSSR count). The van der Waals surface area contributed by atoms with Gasteiger partial charge in [-0.2, -0.15) is 10.2 Å². The van der Waals surface area contributed by atoms with Crippen molar-refractivity contribution in [3.63, 3.8) is 0 Å². The lowest BCUT2D eigenvalue weighted by molar-refractivity contribution is -0.122. The monoisotopic (exact) mass is 646 g/mol. The third-order valence-electron chi connectivity index (χ3n) is 8.37. The van der Waals surface area contributed by atoms with Crippen LogP contribution in [-0.2, 0) is 4.79 Å². The number of nitrogens with zero attached hydrogens (tertiary/aromatic N) is 6. The molecule has 0 radical (unpaired) electrons. The number of aromatic nitrogens is 4. The van der Waals surface area contributed by atoms with Crippen LogP contribution in [0, 0.1) is 17.2 Å². The number of anilines is 4. The molecule has 5 N–H and O–H groups in total. The van der Waals surface area contributed by atoms with Gasteiger partial charge in [-0.25, -0.2) is 14.8 Å². The van der Waals surface area contributed by atoms with Crippen LogP contribution in [0.15, 0.2) is 48.7 Å². The number of urea groups is 1. The number of primary amides is 1. The van der Waals surface area contributed by atoms with Gasteiger partial charge in [-0.3, -0.25) is 9.36 Å². The topological polar surface area (TPSA) is 167 Å². The number of fused-ring (bicyclic) bond motifs is 1. The fraction of sp³-hybridized carbons (Fsp3) is 0.355. The van der Waals surface area contributed by atoms with E-state index in [4.69, 9.17) is 38.9 Å². The zero-order valence-corrected chi connectivity index (χ0v) is 25.9. The Morgan fingerprint density at radius 2 is 1.76 bits per heavy atom. The molecule has 4 aromatic rings. The third kappa shape index (κ3) is 6.74. The molecule has 45 heavy (non-hydrogen) atoms. The average molecular weight is 648 g/mol. The quantitative estimate of drug-likeness (QED) is 0.187. The molecule has 1 aliphatic heterocycles. The van der Waals surface area contributed by atoms with Gasteiger partial charge in [0.1, 0.15) is 5.52 Å². The number of nitrogens with two attached hydrogens (primary N) is 1. The maximum absolute atomic E-state index is 12.9. The number of carbonyl (C=O) groups is 2. The van der Waals surface area contributed by atoms with Crippen LogP contribution in [0.3, 0.4) is 0 Å². The first-order valence-electron chi connectivity index (χ1n) is 14.9. The lowest BCUT2D eigenvalue weighted by Gasteiger charge is -2.33. The van der Waals surface area contributed by atoms with Crippen LogP contribution in [-0.4, -0.2) is 55.5 Å². The molecule has 0 spiro atoms. The molecule has 2 aromatic carbocycles. The molecular weight excluding hydrogens is 615 g/mol. The number of para-hydroxylation sites is 1. The normalized spacial score (nSPS) is 19.9. The van der Waals surface area contributed by atoms with Gasteiger partial charge in [0.2, 0.25) is 17.8 Å². The summed E-state index contributed by atoms with van der Waals surface area (Å²) in [7, 11) is 0. The predicted molar refractivity (Wildman–Crippen MR) is 174 cm³/mol. The summed E-state index contributed by atoms with van der Waals surface area (Å²) >= 11 is 13.0. The number of piperidine rings is 1. The highest BCUT2D eigenvalue weighted by Gasteiger charge is 2.30. The second-order valence-electron chi connectivity index (χ2n) is 11.4. The Kier molecular flexibility index (Phi) is 8.91. The van der Waals surface area contributed by atoms with E-state index in [1.807, 2.05) is 34.9 Å². The molecule has 12 nitrogen and oxygen atoms in total. The largest absolute Gasteiger partial charge is 0.369 e. The number of hydrogen-bond acceptors (Lipinski definition) is 8. The number of imidazole rings is 1. The minimum atomic E-state index is -0.286. The Bertz CT molecular complexity index is 1740. The van der Waals surface area contributed by atoms with Crippen molar-refractivity contribution in [1.29, 1.82) is 5.26 Å². The Morgan fingerprint density at radius 1 is 1.02 bits per heavy atom. The molecule has 2 fully saturated rings. The van der Waals surface area contributed by atoms with E-state index in [0.717, 1.165) is 18.5 Å². The summed E-state index contributed by atoms with van der Waals surface area (Å²) in [6.45, 7) is 1.16. The van der Waals surface area contributed by atoms with Crippen molar-refractivity contribution in [1.82, 2.24) is 24.4 Å². The van der Waals surface area contributed by atoms with Crippen LogP contribution in [0.5, 0.6) is 0 Å². The van der Waals surface area contributed by atoms with Crippen LogP contribution in [0.2, 0.25) is 10.0 Å². The summed E-state index contributed by atoms with van der Waals surface area (Å²) < 4.78 is 2.00. The summed E-state index contributed by atoms with van der Waals surface area (Å²) in [5, 5.41) is 19.5. The number of nitrogens with one attached hydrogen (secondary N) is 3. The predicted octanol–water partition coefficient (Wildman–Crippen LogP) is 6.07. The van der Waals surface area contributed by atoms with Gasteiger partial charge in [-0.1, -0.05) is 41.4 Å². The van der Waals surface area contributed by atoms with Gasteiger partial charge in [0.05, 0.1) is 33.6 Å². The van der Waals surface area contributed by atoms with Crippen molar-refractivity contribution >= 4 is 69.6 Å². The first-order chi connectivity index (χ1) is 21.8. The zero-order chi connectivity index (χ0) is 31.5. The summed E-state index contributed by atoms with van der Waals surface area (Å²) in [4.78, 5) is 40.8. The maximum Gasteiger partial charge on any atom is 0.321 e. The highest BCUT2D eigenvalue weighted by Crippen LogP contribution is 2.39. The van der Waals surface area contributed by atoms with Crippen molar-refractivity contribution < 1.29 is 9.59 Å². The van der Waals surface area contributed by atoms with Gasteiger partial charge in [-0.05, 0) is 62.8 Å². The molecule has 3 heterocycles. The van der Waals surface area contributed by atoms with Crippen LogP contribution >= 0.6 is 23.2 Å². The summed E-state index contributed by atoms with van der Waals surface area (Å²) in [5.41, 5.74) is 8.28. The molecule has 2 aromatic heterocycles. The van der Waals surface area contributed by atoms with E-state index in [2.05, 4.69) is 27.0 Å². The van der Waals surface area contributed by atoms with E-state index >= 15 is 0 Å². The van der Waals surface area contributed by atoms with Crippen molar-refractivity contribution in [2.75, 3.05) is 29.0 Å². The van der Waals surface area contributed by atoms with Gasteiger partial charge in [0.25, 0.3) is 0 Å². The van der Waals surface area contributed by atoms with Crippen molar-refractivity contribution in [3.05, 3.63) is 64.3 Å². The van der Waals surface area contributed by atoms with E-state index in [1.165, 1.54) is 12.1 Å². The SMILES string of the molecule is N#Cc1cc(Cl)c(Nc2nc3cnc(N[C@@H]4CCCN(C(=O)Nc5ccccc5)C4)nc3n2C2CCC(C(N)=O)CC2)c(Cl)c1. The molecule has 14 heteroatoms. The fourth-order valence-corrected chi connectivity index (χ4v) is 6.65. The minimum Gasteiger partial charge on any atom is -0.369 e. The number of hydrogen-bond donors (Lipinski definition) is 4. The zero-order valence-electron chi connectivity index (χ0n) is 24.3. The summed E-state index contributed by atoms with van der Waals surface area (Å²) in [5.74, 6) is 0.431. The van der Waals surface area contributed by atoms with Gasteiger partial charge < -0.3 is 26.6 Å². The van der Waals surface area contributed by atoms with Crippen LogP contribution < -0.4 is 21.7 Å². The molecule has 1 saturated heterocycles. The van der Waals surface area contributed by atoms with Gasteiger partial charge >= 0.3 is 6.03 Å². The second kappa shape index (κ2) is 13.2. The number of rotatable bonds is 7. The van der Waals surface area contributed by atoms with Crippen LogP contribution in [0.25, 0.3) is 11.2 Å². The Labute approximate surface area is 269 Å². The fourth-order valence-electron chi connectivity index (χ4n) is 6.07. The van der Waals surface area contributed by atoms with Crippen molar-refractivity contribution in [2.45, 2.75) is 50.6 Å². The number of amides is 3. The van der Waals surface area contributed by atoms with Crippen LogP contribution in [0.1, 0.15) is 50.1 Å². The minimum absolute atomic E-state index is 0.0290. The Balaban J connectivity index is 1.27. The standard InChI is InChI=1S/C31H32Cl2N10O2/c32-23-13-18(15-34)14-24(33)26(23)40-30-39-25-16-36-29(41-28(25)43(30)22-10-8-19(9-11-22)27(35)44)37-21-7-4-12-42(17-21)31(45)38-20-5-2-1-3-6-20/h1-3,5-6,13-14,16,19,21-22H,4,7-12,17H2,(H2,35,44)(H,38,45)(H,39,40)(H,36,37,41)/t19?,21-,22?/m1/s1.